The van der Waals surface area contributed by atoms with Crippen molar-refractivity contribution in [3.8, 4) is 0 Å². The van der Waals surface area contributed by atoms with Gasteiger partial charge in [-0.25, -0.2) is 4.79 Å². The fraction of sp³-hybridized carbons (Fsp3) is 0.438. The molecule has 0 aromatic heterocycles. The Hall–Kier alpha value is -2.38. The van der Waals surface area contributed by atoms with Crippen molar-refractivity contribution in [3.63, 3.8) is 0 Å². The Bertz CT molecular complexity index is 666. The molecular formula is C16H14F3NO4. The molecule has 1 aliphatic heterocycles. The minimum atomic E-state index is -4.52. The SMILES string of the molecule is O=C(ON1C(=O)c2ccccc2C1=O)[C@@H]1CCCC[C@H]1C(F)(F)F. The van der Waals surface area contributed by atoms with E-state index in [0.717, 1.165) is 0 Å². The lowest BCUT2D eigenvalue weighted by atomic mass is 9.79. The number of carbonyl (C=O) groups is 3. The molecule has 128 valence electrons. The topological polar surface area (TPSA) is 63.7 Å². The van der Waals surface area contributed by atoms with Gasteiger partial charge < -0.3 is 4.84 Å². The van der Waals surface area contributed by atoms with Gasteiger partial charge in [-0.2, -0.15) is 13.2 Å². The zero-order chi connectivity index (χ0) is 17.5. The van der Waals surface area contributed by atoms with Crippen LogP contribution in [0.1, 0.15) is 46.4 Å². The number of amides is 2. The van der Waals surface area contributed by atoms with Gasteiger partial charge in [0.25, 0.3) is 11.8 Å². The number of carbonyl (C=O) groups excluding carboxylic acids is 3. The van der Waals surface area contributed by atoms with Gasteiger partial charge in [0, 0.05) is 0 Å². The zero-order valence-electron chi connectivity index (χ0n) is 12.5. The minimum absolute atomic E-state index is 0.0200. The van der Waals surface area contributed by atoms with E-state index in [4.69, 9.17) is 4.84 Å². The Morgan fingerprint density at radius 1 is 1.04 bits per heavy atom. The third kappa shape index (κ3) is 2.76. The summed E-state index contributed by atoms with van der Waals surface area (Å²) < 4.78 is 39.2. The predicted octanol–water partition coefficient (Wildman–Crippen LogP) is 3.11. The highest BCUT2D eigenvalue weighted by molar-refractivity contribution is 6.20. The van der Waals surface area contributed by atoms with Crippen LogP contribution >= 0.6 is 0 Å². The summed E-state index contributed by atoms with van der Waals surface area (Å²) in [5.74, 6) is -6.09. The van der Waals surface area contributed by atoms with Crippen molar-refractivity contribution < 1.29 is 32.4 Å². The van der Waals surface area contributed by atoms with E-state index >= 15 is 0 Å². The number of hydrogen-bond donors (Lipinski definition) is 0. The highest BCUT2D eigenvalue weighted by Gasteiger charge is 2.50. The molecule has 0 radical (unpaired) electrons. The van der Waals surface area contributed by atoms with E-state index in [-0.39, 0.29) is 29.0 Å². The monoisotopic (exact) mass is 341 g/mol. The first kappa shape index (κ1) is 16.5. The van der Waals surface area contributed by atoms with Crippen LogP contribution in [0.2, 0.25) is 0 Å². The molecule has 24 heavy (non-hydrogen) atoms. The van der Waals surface area contributed by atoms with Crippen LogP contribution in [0.3, 0.4) is 0 Å². The third-order valence-corrected chi connectivity index (χ3v) is 4.43. The molecule has 0 spiro atoms. The van der Waals surface area contributed by atoms with Gasteiger partial charge in [-0.1, -0.05) is 30.0 Å². The number of hydrogen-bond acceptors (Lipinski definition) is 4. The maximum absolute atomic E-state index is 13.1. The van der Waals surface area contributed by atoms with Crippen LogP contribution in [0.5, 0.6) is 0 Å². The second-order valence-corrected chi connectivity index (χ2v) is 5.90. The Kier molecular flexibility index (Phi) is 4.06. The molecule has 0 saturated heterocycles. The molecule has 1 fully saturated rings. The van der Waals surface area contributed by atoms with Crippen molar-refractivity contribution >= 4 is 17.8 Å². The van der Waals surface area contributed by atoms with Crippen molar-refractivity contribution in [2.24, 2.45) is 11.8 Å². The molecule has 2 aliphatic rings. The average Bonchev–Trinajstić information content (AvgIpc) is 2.79. The summed E-state index contributed by atoms with van der Waals surface area (Å²) in [4.78, 5) is 41.2. The molecule has 1 aromatic carbocycles. The van der Waals surface area contributed by atoms with Gasteiger partial charge in [-0.15, -0.1) is 0 Å². The largest absolute Gasteiger partial charge is 0.392 e. The summed E-state index contributed by atoms with van der Waals surface area (Å²) in [7, 11) is 0. The van der Waals surface area contributed by atoms with Gasteiger partial charge in [0.05, 0.1) is 23.0 Å². The first-order valence-electron chi connectivity index (χ1n) is 7.57. The maximum Gasteiger partial charge on any atom is 0.392 e. The van der Waals surface area contributed by atoms with Crippen LogP contribution in [-0.4, -0.2) is 29.0 Å². The summed E-state index contributed by atoms with van der Waals surface area (Å²) >= 11 is 0. The van der Waals surface area contributed by atoms with Crippen molar-refractivity contribution in [3.05, 3.63) is 35.4 Å². The normalized spacial score (nSPS) is 24.0. The number of fused-ring (bicyclic) bond motifs is 1. The molecule has 0 bridgehead atoms. The van der Waals surface area contributed by atoms with Crippen LogP contribution < -0.4 is 0 Å². The molecule has 2 amide bonds. The quantitative estimate of drug-likeness (QED) is 0.776. The van der Waals surface area contributed by atoms with Gasteiger partial charge in [0.15, 0.2) is 0 Å². The number of hydroxylamine groups is 2. The van der Waals surface area contributed by atoms with Gasteiger partial charge in [0.1, 0.15) is 0 Å². The van der Waals surface area contributed by atoms with Crippen molar-refractivity contribution in [2.45, 2.75) is 31.9 Å². The molecule has 0 N–H and O–H groups in total. The van der Waals surface area contributed by atoms with Gasteiger partial charge >= 0.3 is 12.1 Å². The van der Waals surface area contributed by atoms with Gasteiger partial charge in [-0.05, 0) is 25.0 Å². The van der Waals surface area contributed by atoms with Crippen molar-refractivity contribution in [2.75, 3.05) is 0 Å². The molecule has 1 heterocycles. The maximum atomic E-state index is 13.1. The Labute approximate surface area is 135 Å². The second-order valence-electron chi connectivity index (χ2n) is 5.90. The van der Waals surface area contributed by atoms with Crippen LogP contribution in [0.25, 0.3) is 0 Å². The standard InChI is InChI=1S/C16H14F3NO4/c17-16(18,19)12-8-4-3-7-11(12)15(23)24-20-13(21)9-5-1-2-6-10(9)14(20)22/h1-2,5-6,11-12H,3-4,7-8H2/t11-,12-/m1/s1. The number of halogens is 3. The van der Waals surface area contributed by atoms with E-state index in [1.807, 2.05) is 0 Å². The third-order valence-electron chi connectivity index (χ3n) is 4.43. The lowest BCUT2D eigenvalue weighted by molar-refractivity contribution is -0.213. The first-order valence-corrected chi connectivity index (χ1v) is 7.57. The lowest BCUT2D eigenvalue weighted by Gasteiger charge is -2.31. The van der Waals surface area contributed by atoms with E-state index in [2.05, 4.69) is 0 Å². The van der Waals surface area contributed by atoms with E-state index in [9.17, 15) is 27.6 Å². The Balaban J connectivity index is 1.78. The smallest absolute Gasteiger partial charge is 0.329 e. The lowest BCUT2D eigenvalue weighted by Crippen LogP contribution is -2.42. The highest BCUT2D eigenvalue weighted by Crippen LogP contribution is 2.42. The zero-order valence-corrected chi connectivity index (χ0v) is 12.5. The van der Waals surface area contributed by atoms with E-state index in [1.165, 1.54) is 24.3 Å². The second kappa shape index (κ2) is 5.92. The molecule has 3 rings (SSSR count). The summed E-state index contributed by atoms with van der Waals surface area (Å²) in [5.41, 5.74) is 0.123. The fourth-order valence-corrected chi connectivity index (χ4v) is 3.21. The molecule has 1 saturated carbocycles. The van der Waals surface area contributed by atoms with E-state index in [1.54, 1.807) is 0 Å². The van der Waals surface area contributed by atoms with Gasteiger partial charge in [-0.3, -0.25) is 9.59 Å². The number of benzene rings is 1. The van der Waals surface area contributed by atoms with Crippen molar-refractivity contribution in [1.29, 1.82) is 0 Å². The Morgan fingerprint density at radius 3 is 2.12 bits per heavy atom. The van der Waals surface area contributed by atoms with Crippen LogP contribution in [0.15, 0.2) is 24.3 Å². The summed E-state index contributed by atoms with van der Waals surface area (Å²) in [6.07, 6.45) is -3.82. The average molecular weight is 341 g/mol. The minimum Gasteiger partial charge on any atom is -0.329 e. The predicted molar refractivity (Wildman–Crippen MR) is 74.5 cm³/mol. The number of nitrogens with zero attached hydrogens (tertiary/aromatic N) is 1. The fourth-order valence-electron chi connectivity index (χ4n) is 3.21. The summed E-state index contributed by atoms with van der Waals surface area (Å²) in [5, 5.41) is 0.259. The molecule has 0 unspecified atom stereocenters. The van der Waals surface area contributed by atoms with Gasteiger partial charge in [0.2, 0.25) is 0 Å². The molecule has 8 heteroatoms. The van der Waals surface area contributed by atoms with Crippen LogP contribution in [0.4, 0.5) is 13.2 Å². The number of rotatable bonds is 2. The highest BCUT2D eigenvalue weighted by atomic mass is 19.4. The molecule has 5 nitrogen and oxygen atoms in total. The summed E-state index contributed by atoms with van der Waals surface area (Å²) in [6, 6.07) is 5.86. The molecule has 1 aliphatic carbocycles. The molecule has 2 atom stereocenters. The molecular weight excluding hydrogens is 327 g/mol. The number of alkyl halides is 3. The van der Waals surface area contributed by atoms with Crippen LogP contribution in [-0.2, 0) is 9.63 Å². The van der Waals surface area contributed by atoms with Crippen molar-refractivity contribution in [1.82, 2.24) is 5.06 Å². The van der Waals surface area contributed by atoms with E-state index in [0.29, 0.717) is 12.8 Å². The number of imide groups is 1. The first-order chi connectivity index (χ1) is 11.3. The molecule has 1 aromatic rings. The van der Waals surface area contributed by atoms with Crippen LogP contribution in [0, 0.1) is 11.8 Å². The van der Waals surface area contributed by atoms with E-state index < -0.39 is 35.8 Å². The summed E-state index contributed by atoms with van der Waals surface area (Å²) in [6.45, 7) is 0. The Morgan fingerprint density at radius 2 is 1.58 bits per heavy atom.